The third-order valence-corrected chi connectivity index (χ3v) is 7.48. The maximum atomic E-state index is 13.0. The Labute approximate surface area is 250 Å². The average molecular weight is 575 g/mol. The van der Waals surface area contributed by atoms with Crippen LogP contribution in [0.25, 0.3) is 16.9 Å². The van der Waals surface area contributed by atoms with Gasteiger partial charge in [-0.2, -0.15) is 0 Å². The summed E-state index contributed by atoms with van der Waals surface area (Å²) >= 11 is 0. The van der Waals surface area contributed by atoms with E-state index >= 15 is 0 Å². The largest absolute Gasteiger partial charge is 0.378 e. The fraction of sp³-hybridized carbons (Fsp3) is 0.235. The summed E-state index contributed by atoms with van der Waals surface area (Å²) in [6, 6.07) is 26.4. The quantitative estimate of drug-likeness (QED) is 0.252. The van der Waals surface area contributed by atoms with Gasteiger partial charge in [-0.05, 0) is 71.6 Å². The molecule has 0 radical (unpaired) electrons. The zero-order valence-electron chi connectivity index (χ0n) is 24.5. The van der Waals surface area contributed by atoms with Crippen molar-refractivity contribution in [1.29, 1.82) is 0 Å². The highest BCUT2D eigenvalue weighted by Gasteiger charge is 2.19. The standard InChI is InChI=1S/C34H34N6O3/c1-34(2,3)26-13-9-23(10-14-26)32(41)36-28-7-4-6-25(22-28)30-37-31(29-8-5-17-40(29)38-30)35-27-15-11-24(12-16-27)33(42)39-18-20-43-21-19-39/h4-17,22H,18-21H2,1-3H3,(H,36,41)(H,35,37,38). The minimum Gasteiger partial charge on any atom is -0.378 e. The molecule has 5 aromatic rings. The summed E-state index contributed by atoms with van der Waals surface area (Å²) < 4.78 is 7.13. The SMILES string of the molecule is CC(C)(C)c1ccc(C(=O)Nc2cccc(-c3nc(Nc4ccc(C(=O)N5CCOCC5)cc4)c4cccn4n3)c2)cc1. The molecule has 0 atom stereocenters. The van der Waals surface area contributed by atoms with Crippen LogP contribution in [-0.4, -0.2) is 57.6 Å². The van der Waals surface area contributed by atoms with E-state index in [1.807, 2.05) is 96.0 Å². The lowest BCUT2D eigenvalue weighted by atomic mass is 9.87. The Balaban J connectivity index is 1.21. The van der Waals surface area contributed by atoms with E-state index in [9.17, 15) is 9.59 Å². The van der Waals surface area contributed by atoms with Gasteiger partial charge in [0.1, 0.15) is 5.52 Å². The number of rotatable bonds is 6. The molecule has 3 heterocycles. The summed E-state index contributed by atoms with van der Waals surface area (Å²) in [5.74, 6) is 0.936. The molecule has 9 heteroatoms. The second kappa shape index (κ2) is 11.7. The van der Waals surface area contributed by atoms with E-state index in [1.54, 1.807) is 4.52 Å². The topological polar surface area (TPSA) is 101 Å². The lowest BCUT2D eigenvalue weighted by molar-refractivity contribution is 0.0303. The first kappa shape index (κ1) is 28.1. The van der Waals surface area contributed by atoms with E-state index in [2.05, 4.69) is 31.4 Å². The molecule has 1 aliphatic heterocycles. The number of ether oxygens (including phenoxy) is 1. The second-order valence-electron chi connectivity index (χ2n) is 11.6. The third kappa shape index (κ3) is 6.27. The van der Waals surface area contributed by atoms with Gasteiger partial charge in [0.25, 0.3) is 11.8 Å². The van der Waals surface area contributed by atoms with Crippen molar-refractivity contribution in [3.05, 3.63) is 108 Å². The second-order valence-corrected chi connectivity index (χ2v) is 11.6. The average Bonchev–Trinajstić information content (AvgIpc) is 3.51. The fourth-order valence-corrected chi connectivity index (χ4v) is 4.99. The Morgan fingerprint density at radius 3 is 2.28 bits per heavy atom. The van der Waals surface area contributed by atoms with E-state index in [4.69, 9.17) is 14.8 Å². The van der Waals surface area contributed by atoms with Crippen LogP contribution in [0.2, 0.25) is 0 Å². The van der Waals surface area contributed by atoms with Crippen LogP contribution in [0, 0.1) is 0 Å². The van der Waals surface area contributed by atoms with Gasteiger partial charge in [-0.25, -0.2) is 9.50 Å². The van der Waals surface area contributed by atoms with E-state index in [-0.39, 0.29) is 17.2 Å². The van der Waals surface area contributed by atoms with E-state index in [0.717, 1.165) is 16.8 Å². The van der Waals surface area contributed by atoms with Crippen molar-refractivity contribution in [3.8, 4) is 11.4 Å². The molecule has 0 spiro atoms. The smallest absolute Gasteiger partial charge is 0.255 e. The lowest BCUT2D eigenvalue weighted by Gasteiger charge is -2.26. The number of carbonyl (C=O) groups excluding carboxylic acids is 2. The van der Waals surface area contributed by atoms with Gasteiger partial charge in [-0.3, -0.25) is 9.59 Å². The highest BCUT2D eigenvalue weighted by molar-refractivity contribution is 6.04. The maximum absolute atomic E-state index is 13.0. The summed E-state index contributed by atoms with van der Waals surface area (Å²) in [7, 11) is 0. The first-order valence-electron chi connectivity index (χ1n) is 14.4. The van der Waals surface area contributed by atoms with Gasteiger partial charge in [0, 0.05) is 47.4 Å². The van der Waals surface area contributed by atoms with Crippen LogP contribution in [0.3, 0.4) is 0 Å². The van der Waals surface area contributed by atoms with Crippen LogP contribution in [0.15, 0.2) is 91.1 Å². The van der Waals surface area contributed by atoms with Crippen LogP contribution in [0.4, 0.5) is 17.2 Å². The summed E-state index contributed by atoms with van der Waals surface area (Å²) in [4.78, 5) is 32.5. The Kier molecular flexibility index (Phi) is 7.65. The minimum atomic E-state index is -0.183. The Hall–Kier alpha value is -5.02. The first-order valence-corrected chi connectivity index (χ1v) is 14.4. The van der Waals surface area contributed by atoms with Crippen molar-refractivity contribution < 1.29 is 14.3 Å². The zero-order chi connectivity index (χ0) is 30.0. The molecular formula is C34H34N6O3. The summed E-state index contributed by atoms with van der Waals surface area (Å²) in [5.41, 5.74) is 5.42. The molecule has 0 unspecified atom stereocenters. The summed E-state index contributed by atoms with van der Waals surface area (Å²) in [5, 5.41) is 11.1. The predicted octanol–water partition coefficient (Wildman–Crippen LogP) is 6.16. The minimum absolute atomic E-state index is 0.00190. The van der Waals surface area contributed by atoms with E-state index in [1.165, 1.54) is 5.56 Å². The summed E-state index contributed by atoms with van der Waals surface area (Å²) in [6.45, 7) is 8.77. The molecule has 43 heavy (non-hydrogen) atoms. The molecule has 1 aliphatic rings. The number of morpholine rings is 1. The fourth-order valence-electron chi connectivity index (χ4n) is 4.99. The third-order valence-electron chi connectivity index (χ3n) is 7.48. The van der Waals surface area contributed by atoms with Gasteiger partial charge < -0.3 is 20.3 Å². The highest BCUT2D eigenvalue weighted by Crippen LogP contribution is 2.27. The van der Waals surface area contributed by atoms with Crippen molar-refractivity contribution in [2.45, 2.75) is 26.2 Å². The van der Waals surface area contributed by atoms with Crippen LogP contribution >= 0.6 is 0 Å². The number of fused-ring (bicyclic) bond motifs is 1. The molecule has 9 nitrogen and oxygen atoms in total. The number of benzene rings is 3. The van der Waals surface area contributed by atoms with E-state index < -0.39 is 0 Å². The van der Waals surface area contributed by atoms with Crippen LogP contribution in [0.5, 0.6) is 0 Å². The molecule has 2 aromatic heterocycles. The monoisotopic (exact) mass is 574 g/mol. The number of nitrogens with one attached hydrogen (secondary N) is 2. The number of nitrogens with zero attached hydrogens (tertiary/aromatic N) is 4. The molecule has 2 N–H and O–H groups in total. The number of carbonyl (C=O) groups is 2. The number of amides is 2. The molecule has 6 rings (SSSR count). The molecule has 0 saturated carbocycles. The van der Waals surface area contributed by atoms with Gasteiger partial charge in [0.05, 0.1) is 13.2 Å². The van der Waals surface area contributed by atoms with Gasteiger partial charge in [-0.1, -0.05) is 45.0 Å². The van der Waals surface area contributed by atoms with Crippen molar-refractivity contribution in [1.82, 2.24) is 19.5 Å². The van der Waals surface area contributed by atoms with Crippen molar-refractivity contribution in [3.63, 3.8) is 0 Å². The molecule has 3 aromatic carbocycles. The Morgan fingerprint density at radius 1 is 0.837 bits per heavy atom. The molecule has 1 saturated heterocycles. The van der Waals surface area contributed by atoms with Gasteiger partial charge >= 0.3 is 0 Å². The van der Waals surface area contributed by atoms with Crippen molar-refractivity contribution >= 4 is 34.5 Å². The zero-order valence-corrected chi connectivity index (χ0v) is 24.5. The number of aromatic nitrogens is 3. The van der Waals surface area contributed by atoms with Crippen LogP contribution in [-0.2, 0) is 10.2 Å². The normalized spacial score (nSPS) is 13.6. The number of hydrogen-bond donors (Lipinski definition) is 2. The Morgan fingerprint density at radius 2 is 1.56 bits per heavy atom. The molecule has 0 aliphatic carbocycles. The Bertz CT molecular complexity index is 1770. The lowest BCUT2D eigenvalue weighted by Crippen LogP contribution is -2.40. The van der Waals surface area contributed by atoms with Gasteiger partial charge in [0.15, 0.2) is 11.6 Å². The highest BCUT2D eigenvalue weighted by atomic mass is 16.5. The molecular weight excluding hydrogens is 540 g/mol. The van der Waals surface area contributed by atoms with Crippen molar-refractivity contribution in [2.75, 3.05) is 36.9 Å². The van der Waals surface area contributed by atoms with Crippen molar-refractivity contribution in [2.24, 2.45) is 0 Å². The molecule has 0 bridgehead atoms. The number of hydrogen-bond acceptors (Lipinski definition) is 6. The molecule has 2 amide bonds. The predicted molar refractivity (Wildman–Crippen MR) is 168 cm³/mol. The first-order chi connectivity index (χ1) is 20.7. The van der Waals surface area contributed by atoms with E-state index in [0.29, 0.717) is 54.8 Å². The van der Waals surface area contributed by atoms with Gasteiger partial charge in [-0.15, -0.1) is 5.10 Å². The summed E-state index contributed by atoms with van der Waals surface area (Å²) in [6.07, 6.45) is 1.86. The van der Waals surface area contributed by atoms with Gasteiger partial charge in [0.2, 0.25) is 0 Å². The van der Waals surface area contributed by atoms with Crippen LogP contribution < -0.4 is 10.6 Å². The van der Waals surface area contributed by atoms with Crippen LogP contribution in [0.1, 0.15) is 47.1 Å². The maximum Gasteiger partial charge on any atom is 0.255 e. The molecule has 218 valence electrons. The number of anilines is 3. The molecule has 1 fully saturated rings.